The van der Waals surface area contributed by atoms with Gasteiger partial charge in [-0.25, -0.2) is 9.50 Å². The van der Waals surface area contributed by atoms with E-state index in [2.05, 4.69) is 32.2 Å². The lowest BCUT2D eigenvalue weighted by Crippen LogP contribution is -2.35. The molecule has 1 atom stereocenters. The van der Waals surface area contributed by atoms with Crippen LogP contribution in [0.4, 0.5) is 0 Å². The lowest BCUT2D eigenvalue weighted by Gasteiger charge is -2.33. The van der Waals surface area contributed by atoms with Crippen LogP contribution in [-0.4, -0.2) is 42.7 Å². The van der Waals surface area contributed by atoms with Crippen LogP contribution < -0.4 is 0 Å². The molecule has 5 rings (SSSR count). The summed E-state index contributed by atoms with van der Waals surface area (Å²) in [5.41, 5.74) is 6.15. The van der Waals surface area contributed by atoms with Crippen molar-refractivity contribution in [1.82, 2.24) is 29.6 Å². The van der Waals surface area contributed by atoms with Crippen molar-refractivity contribution in [1.29, 1.82) is 0 Å². The quantitative estimate of drug-likeness (QED) is 0.530. The molecular weight excluding hydrogens is 364 g/mol. The molecule has 1 aliphatic rings. The van der Waals surface area contributed by atoms with Gasteiger partial charge >= 0.3 is 0 Å². The van der Waals surface area contributed by atoms with Gasteiger partial charge in [0, 0.05) is 49.7 Å². The van der Waals surface area contributed by atoms with Gasteiger partial charge in [0.2, 0.25) is 0 Å². The maximum atomic E-state index is 5.61. The number of likely N-dealkylation sites (tertiary alicyclic amines) is 1. The lowest BCUT2D eigenvalue weighted by molar-refractivity contribution is 0.197. The number of hydrogen-bond donors (Lipinski definition) is 0. The van der Waals surface area contributed by atoms with E-state index in [0.29, 0.717) is 5.92 Å². The van der Waals surface area contributed by atoms with Crippen LogP contribution in [0, 0.1) is 13.8 Å². The Hall–Kier alpha value is -3.06. The second-order valence-electron chi connectivity index (χ2n) is 7.88. The van der Waals surface area contributed by atoms with Crippen LogP contribution in [0.1, 0.15) is 41.4 Å². The Morgan fingerprint density at radius 2 is 2.00 bits per heavy atom. The summed E-state index contributed by atoms with van der Waals surface area (Å²) in [6.45, 7) is 6.95. The molecular formula is C22H24N6O. The summed E-state index contributed by atoms with van der Waals surface area (Å²) >= 11 is 0. The molecule has 7 nitrogen and oxygen atoms in total. The number of hydrogen-bond acceptors (Lipinski definition) is 6. The Morgan fingerprint density at radius 3 is 2.79 bits per heavy atom. The molecule has 0 spiro atoms. The molecule has 1 aliphatic heterocycles. The van der Waals surface area contributed by atoms with Gasteiger partial charge in [-0.1, -0.05) is 5.16 Å². The molecule has 0 amide bonds. The maximum absolute atomic E-state index is 5.61. The van der Waals surface area contributed by atoms with Gasteiger partial charge in [-0.15, -0.1) is 0 Å². The maximum Gasteiger partial charge on any atom is 0.170 e. The van der Waals surface area contributed by atoms with Crippen molar-refractivity contribution >= 4 is 5.65 Å². The zero-order chi connectivity index (χ0) is 19.8. The highest BCUT2D eigenvalue weighted by Gasteiger charge is 2.28. The Balaban J connectivity index is 1.54. The van der Waals surface area contributed by atoms with Crippen LogP contribution in [0.15, 0.2) is 47.4 Å². The Kier molecular flexibility index (Phi) is 4.60. The Labute approximate surface area is 169 Å². The molecule has 7 heteroatoms. The molecule has 0 N–H and O–H groups in total. The van der Waals surface area contributed by atoms with Crippen LogP contribution in [0.25, 0.3) is 17.0 Å². The fraction of sp³-hybridized carbons (Fsp3) is 0.364. The van der Waals surface area contributed by atoms with Crippen LogP contribution in [0.2, 0.25) is 0 Å². The summed E-state index contributed by atoms with van der Waals surface area (Å²) in [7, 11) is 0. The highest BCUT2D eigenvalue weighted by Crippen LogP contribution is 2.35. The average Bonchev–Trinajstić information content (AvgIpc) is 3.32. The highest BCUT2D eigenvalue weighted by atomic mass is 16.5. The lowest BCUT2D eigenvalue weighted by atomic mass is 9.91. The second-order valence-corrected chi connectivity index (χ2v) is 7.88. The topological polar surface area (TPSA) is 72.3 Å². The van der Waals surface area contributed by atoms with Gasteiger partial charge in [0.15, 0.2) is 11.4 Å². The molecule has 4 aromatic rings. The van der Waals surface area contributed by atoms with E-state index in [-0.39, 0.29) is 0 Å². The molecule has 4 aromatic heterocycles. The monoisotopic (exact) mass is 388 g/mol. The molecule has 1 fully saturated rings. The van der Waals surface area contributed by atoms with E-state index in [1.807, 2.05) is 49.1 Å². The number of nitrogens with zero attached hydrogens (tertiary/aromatic N) is 6. The van der Waals surface area contributed by atoms with Crippen molar-refractivity contribution in [3.8, 4) is 11.3 Å². The third-order valence-corrected chi connectivity index (χ3v) is 5.58. The predicted octanol–water partition coefficient (Wildman–Crippen LogP) is 3.78. The SMILES string of the molecule is Cc1cc(-c2cnc3cc(C)nn3c2C2CCCN(Cc3ccncc3)C2)on1. The van der Waals surface area contributed by atoms with E-state index in [1.54, 1.807) is 0 Å². The van der Waals surface area contributed by atoms with E-state index in [0.717, 1.165) is 60.8 Å². The molecule has 148 valence electrons. The molecule has 0 bridgehead atoms. The van der Waals surface area contributed by atoms with Crippen molar-refractivity contribution < 1.29 is 4.52 Å². The summed E-state index contributed by atoms with van der Waals surface area (Å²) < 4.78 is 7.61. The van der Waals surface area contributed by atoms with E-state index in [4.69, 9.17) is 9.62 Å². The van der Waals surface area contributed by atoms with Crippen molar-refractivity contribution in [2.75, 3.05) is 13.1 Å². The molecule has 1 saturated heterocycles. The predicted molar refractivity (Wildman–Crippen MR) is 109 cm³/mol. The summed E-state index contributed by atoms with van der Waals surface area (Å²) in [4.78, 5) is 11.3. The fourth-order valence-electron chi connectivity index (χ4n) is 4.31. The molecule has 0 aliphatic carbocycles. The molecule has 29 heavy (non-hydrogen) atoms. The third-order valence-electron chi connectivity index (χ3n) is 5.58. The second kappa shape index (κ2) is 7.40. The molecule has 0 radical (unpaired) electrons. The summed E-state index contributed by atoms with van der Waals surface area (Å²) in [6.07, 6.45) is 7.90. The number of aryl methyl sites for hydroxylation is 2. The van der Waals surface area contributed by atoms with Gasteiger partial charge in [-0.05, 0) is 50.9 Å². The Bertz CT molecular complexity index is 1130. The van der Waals surface area contributed by atoms with E-state index >= 15 is 0 Å². The highest BCUT2D eigenvalue weighted by molar-refractivity contribution is 5.63. The van der Waals surface area contributed by atoms with Gasteiger partial charge in [-0.2, -0.15) is 5.10 Å². The molecule has 1 unspecified atom stereocenters. The number of rotatable bonds is 4. The summed E-state index contributed by atoms with van der Waals surface area (Å²) in [6, 6.07) is 8.18. The third kappa shape index (κ3) is 3.53. The number of piperidine rings is 1. The average molecular weight is 388 g/mol. The van der Waals surface area contributed by atoms with Crippen molar-refractivity contribution in [3.63, 3.8) is 0 Å². The van der Waals surface area contributed by atoms with Crippen molar-refractivity contribution in [2.45, 2.75) is 39.2 Å². The summed E-state index contributed by atoms with van der Waals surface area (Å²) in [5, 5.41) is 8.84. The first-order chi connectivity index (χ1) is 14.2. The fourth-order valence-corrected chi connectivity index (χ4v) is 4.31. The standard InChI is InChI=1S/C22H24N6O/c1-15-11-21-24-12-19(20-10-16(2)26-29-20)22(28(21)25-15)18-4-3-9-27(14-18)13-17-5-7-23-8-6-17/h5-8,10-12,18H,3-4,9,13-14H2,1-2H3. The molecule has 0 saturated carbocycles. The van der Waals surface area contributed by atoms with Crippen LogP contribution in [0.5, 0.6) is 0 Å². The smallest absolute Gasteiger partial charge is 0.170 e. The van der Waals surface area contributed by atoms with Crippen molar-refractivity contribution in [2.24, 2.45) is 0 Å². The first kappa shape index (κ1) is 18.0. The normalized spacial score (nSPS) is 17.8. The minimum absolute atomic E-state index is 0.343. The summed E-state index contributed by atoms with van der Waals surface area (Å²) in [5.74, 6) is 1.10. The van der Waals surface area contributed by atoms with Crippen LogP contribution in [0.3, 0.4) is 0 Å². The van der Waals surface area contributed by atoms with Gasteiger partial charge in [-0.3, -0.25) is 9.88 Å². The largest absolute Gasteiger partial charge is 0.356 e. The number of fused-ring (bicyclic) bond motifs is 1. The van der Waals surface area contributed by atoms with E-state index in [1.165, 1.54) is 11.3 Å². The van der Waals surface area contributed by atoms with E-state index < -0.39 is 0 Å². The zero-order valence-corrected chi connectivity index (χ0v) is 16.7. The molecule has 5 heterocycles. The van der Waals surface area contributed by atoms with Crippen molar-refractivity contribution in [3.05, 3.63) is 65.5 Å². The van der Waals surface area contributed by atoms with Gasteiger partial charge in [0.25, 0.3) is 0 Å². The number of pyridine rings is 1. The van der Waals surface area contributed by atoms with Gasteiger partial charge in [0.1, 0.15) is 0 Å². The zero-order valence-electron chi connectivity index (χ0n) is 16.7. The first-order valence-corrected chi connectivity index (χ1v) is 10.1. The minimum atomic E-state index is 0.343. The van der Waals surface area contributed by atoms with Crippen LogP contribution in [-0.2, 0) is 6.54 Å². The Morgan fingerprint density at radius 1 is 1.14 bits per heavy atom. The van der Waals surface area contributed by atoms with Crippen LogP contribution >= 0.6 is 0 Å². The minimum Gasteiger partial charge on any atom is -0.356 e. The number of aromatic nitrogens is 5. The first-order valence-electron chi connectivity index (χ1n) is 10.1. The van der Waals surface area contributed by atoms with Gasteiger partial charge < -0.3 is 4.52 Å². The molecule has 0 aromatic carbocycles. The van der Waals surface area contributed by atoms with E-state index in [9.17, 15) is 0 Å². The van der Waals surface area contributed by atoms with Gasteiger partial charge in [0.05, 0.1) is 22.6 Å².